The van der Waals surface area contributed by atoms with E-state index in [1.54, 1.807) is 6.07 Å². The summed E-state index contributed by atoms with van der Waals surface area (Å²) in [5.41, 5.74) is 1.50. The third-order valence-corrected chi connectivity index (χ3v) is 4.75. The Morgan fingerprint density at radius 3 is 2.37 bits per heavy atom. The third-order valence-electron chi connectivity index (χ3n) is 4.17. The highest BCUT2D eigenvalue weighted by atomic mass is 35.5. The van der Waals surface area contributed by atoms with Crippen LogP contribution in [-0.4, -0.2) is 9.55 Å². The fraction of sp³-hybridized carbons (Fsp3) is 0.500. The van der Waals surface area contributed by atoms with Crippen molar-refractivity contribution in [3.8, 4) is 0 Å². The summed E-state index contributed by atoms with van der Waals surface area (Å²) in [5.74, 6) is -0.408. The van der Waals surface area contributed by atoms with E-state index in [4.69, 9.17) is 23.8 Å². The topological polar surface area (TPSA) is 20.7 Å². The Labute approximate surface area is 122 Å². The van der Waals surface area contributed by atoms with Crippen molar-refractivity contribution in [2.45, 2.75) is 45.6 Å². The number of nitrogens with zero attached hydrogens (tertiary/aromatic N) is 1. The van der Waals surface area contributed by atoms with Gasteiger partial charge in [0.2, 0.25) is 0 Å². The molecule has 0 radical (unpaired) electrons. The van der Waals surface area contributed by atoms with Crippen molar-refractivity contribution in [3.05, 3.63) is 27.7 Å². The van der Waals surface area contributed by atoms with Gasteiger partial charge in [-0.15, -0.1) is 0 Å². The van der Waals surface area contributed by atoms with Crippen LogP contribution >= 0.6 is 23.8 Å². The fourth-order valence-electron chi connectivity index (χ4n) is 2.80. The molecule has 104 valence electrons. The molecular weight excluding hydrogens is 283 g/mol. The summed E-state index contributed by atoms with van der Waals surface area (Å²) in [5, 5.41) is 0.117. The van der Waals surface area contributed by atoms with Crippen LogP contribution in [0.4, 0.5) is 4.39 Å². The highest BCUT2D eigenvalue weighted by Gasteiger charge is 2.29. The number of benzene rings is 1. The van der Waals surface area contributed by atoms with E-state index in [0.717, 1.165) is 30.3 Å². The Bertz CT molecular complexity index is 647. The number of hydrogen-bond donors (Lipinski definition) is 1. The lowest BCUT2D eigenvalue weighted by Gasteiger charge is -2.33. The lowest BCUT2D eigenvalue weighted by molar-refractivity contribution is 0.255. The summed E-state index contributed by atoms with van der Waals surface area (Å²) >= 11 is 11.3. The lowest BCUT2D eigenvalue weighted by atomic mass is 9.89. The van der Waals surface area contributed by atoms with Crippen LogP contribution in [0.1, 0.15) is 40.0 Å². The van der Waals surface area contributed by atoms with E-state index in [9.17, 15) is 4.39 Å². The molecule has 0 aliphatic carbocycles. The Kier molecular flexibility index (Phi) is 4.02. The Balaban J connectivity index is 2.83. The maximum atomic E-state index is 13.7. The van der Waals surface area contributed by atoms with Crippen molar-refractivity contribution in [3.63, 3.8) is 0 Å². The molecule has 2 nitrogen and oxygen atoms in total. The molecule has 0 saturated carbocycles. The molecule has 0 aliphatic heterocycles. The summed E-state index contributed by atoms with van der Waals surface area (Å²) < 4.78 is 16.4. The van der Waals surface area contributed by atoms with E-state index in [1.807, 2.05) is 0 Å². The summed E-state index contributed by atoms with van der Waals surface area (Å²) in [4.78, 5) is 3.13. The van der Waals surface area contributed by atoms with Crippen molar-refractivity contribution in [2.75, 3.05) is 0 Å². The molecule has 5 heteroatoms. The van der Waals surface area contributed by atoms with Crippen molar-refractivity contribution >= 4 is 34.9 Å². The number of nitrogens with one attached hydrogen (secondary N) is 1. The highest BCUT2D eigenvalue weighted by Crippen LogP contribution is 2.34. The van der Waals surface area contributed by atoms with Gasteiger partial charge >= 0.3 is 0 Å². The average Bonchev–Trinajstić information content (AvgIpc) is 2.70. The average molecular weight is 301 g/mol. The van der Waals surface area contributed by atoms with Gasteiger partial charge in [0.1, 0.15) is 5.82 Å². The quantitative estimate of drug-likeness (QED) is 0.748. The van der Waals surface area contributed by atoms with E-state index in [2.05, 4.69) is 30.3 Å². The molecule has 1 heterocycles. The highest BCUT2D eigenvalue weighted by molar-refractivity contribution is 7.71. The molecular formula is C14H18ClFN2S. The van der Waals surface area contributed by atoms with Gasteiger partial charge in [0.15, 0.2) is 4.77 Å². The molecule has 1 N–H and O–H groups in total. The van der Waals surface area contributed by atoms with Crippen molar-refractivity contribution < 1.29 is 4.39 Å². The predicted molar refractivity (Wildman–Crippen MR) is 80.9 cm³/mol. The zero-order chi connectivity index (χ0) is 14.2. The van der Waals surface area contributed by atoms with Gasteiger partial charge in [-0.05, 0) is 37.5 Å². The molecule has 0 bridgehead atoms. The third kappa shape index (κ3) is 2.21. The second-order valence-corrected chi connectivity index (χ2v) is 5.63. The van der Waals surface area contributed by atoms with Gasteiger partial charge in [-0.2, -0.15) is 0 Å². The van der Waals surface area contributed by atoms with Gasteiger partial charge in [-0.1, -0.05) is 32.4 Å². The SMILES string of the molecule is CCC(CC)(CC)n1c(=S)[nH]c2cc(Cl)c(F)cc21. The van der Waals surface area contributed by atoms with E-state index in [-0.39, 0.29) is 10.6 Å². The molecule has 1 aromatic heterocycles. The van der Waals surface area contributed by atoms with Crippen LogP contribution in [0.15, 0.2) is 12.1 Å². The first kappa shape index (κ1) is 14.5. The number of H-pyrrole nitrogens is 1. The number of hydrogen-bond acceptors (Lipinski definition) is 1. The molecule has 0 unspecified atom stereocenters. The number of fused-ring (bicyclic) bond motifs is 1. The second-order valence-electron chi connectivity index (χ2n) is 4.83. The van der Waals surface area contributed by atoms with Crippen LogP contribution in [0.5, 0.6) is 0 Å². The largest absolute Gasteiger partial charge is 0.331 e. The number of aromatic amines is 1. The number of aromatic nitrogens is 2. The number of halogens is 2. The summed E-state index contributed by atoms with van der Waals surface area (Å²) in [6.45, 7) is 6.42. The molecule has 0 fully saturated rings. The standard InChI is InChI=1S/C14H18ClFN2S/c1-4-14(5-2,6-3)18-12-8-10(16)9(15)7-11(12)17-13(18)19/h7-8H,4-6H2,1-3H3,(H,17,19). The van der Waals surface area contributed by atoms with Gasteiger partial charge < -0.3 is 9.55 Å². The van der Waals surface area contributed by atoms with E-state index >= 15 is 0 Å². The van der Waals surface area contributed by atoms with Crippen molar-refractivity contribution in [2.24, 2.45) is 0 Å². The summed E-state index contributed by atoms with van der Waals surface area (Å²) in [6.07, 6.45) is 2.85. The molecule has 2 aromatic rings. The zero-order valence-electron chi connectivity index (χ0n) is 11.4. The minimum absolute atomic E-state index is 0.0738. The normalized spacial score (nSPS) is 12.3. The lowest BCUT2D eigenvalue weighted by Crippen LogP contribution is -2.31. The fourth-order valence-corrected chi connectivity index (χ4v) is 3.36. The van der Waals surface area contributed by atoms with Crippen LogP contribution in [0.25, 0.3) is 11.0 Å². The minimum Gasteiger partial charge on any atom is -0.331 e. The maximum absolute atomic E-state index is 13.7. The first-order valence-corrected chi connectivity index (χ1v) is 7.38. The predicted octanol–water partition coefficient (Wildman–Crippen LogP) is 5.42. The minimum atomic E-state index is -0.408. The maximum Gasteiger partial charge on any atom is 0.178 e. The van der Waals surface area contributed by atoms with Crippen LogP contribution in [0.2, 0.25) is 5.02 Å². The van der Waals surface area contributed by atoms with Crippen LogP contribution < -0.4 is 0 Å². The van der Waals surface area contributed by atoms with Crippen molar-refractivity contribution in [1.82, 2.24) is 9.55 Å². The molecule has 0 amide bonds. The number of imidazole rings is 1. The molecule has 0 spiro atoms. The van der Waals surface area contributed by atoms with E-state index in [0.29, 0.717) is 4.77 Å². The van der Waals surface area contributed by atoms with Gasteiger partial charge in [-0.3, -0.25) is 0 Å². The second kappa shape index (κ2) is 5.25. The molecule has 0 atom stereocenters. The summed E-state index contributed by atoms with van der Waals surface area (Å²) in [6, 6.07) is 3.07. The zero-order valence-corrected chi connectivity index (χ0v) is 13.0. The van der Waals surface area contributed by atoms with Gasteiger partial charge in [0.05, 0.1) is 16.1 Å². The molecule has 1 aromatic carbocycles. The van der Waals surface area contributed by atoms with E-state index < -0.39 is 5.82 Å². The van der Waals surface area contributed by atoms with Crippen LogP contribution in [-0.2, 0) is 5.54 Å². The molecule has 0 aliphatic rings. The van der Waals surface area contributed by atoms with Crippen LogP contribution in [0, 0.1) is 10.6 Å². The Hall–Kier alpha value is -0.870. The molecule has 2 rings (SSSR count). The Morgan fingerprint density at radius 2 is 1.84 bits per heavy atom. The first-order valence-electron chi connectivity index (χ1n) is 6.59. The Morgan fingerprint density at radius 1 is 1.26 bits per heavy atom. The van der Waals surface area contributed by atoms with E-state index in [1.165, 1.54) is 6.07 Å². The van der Waals surface area contributed by atoms with Gasteiger partial charge in [-0.25, -0.2) is 4.39 Å². The molecule has 0 saturated heterocycles. The van der Waals surface area contributed by atoms with Gasteiger partial charge in [0, 0.05) is 11.6 Å². The first-order chi connectivity index (χ1) is 8.99. The number of rotatable bonds is 4. The van der Waals surface area contributed by atoms with Gasteiger partial charge in [0.25, 0.3) is 0 Å². The van der Waals surface area contributed by atoms with Crippen molar-refractivity contribution in [1.29, 1.82) is 0 Å². The monoisotopic (exact) mass is 300 g/mol. The summed E-state index contributed by atoms with van der Waals surface area (Å²) in [7, 11) is 0. The smallest absolute Gasteiger partial charge is 0.178 e. The molecule has 19 heavy (non-hydrogen) atoms. The van der Waals surface area contributed by atoms with Crippen LogP contribution in [0.3, 0.4) is 0 Å².